The van der Waals surface area contributed by atoms with Gasteiger partial charge >= 0.3 is 0 Å². The summed E-state index contributed by atoms with van der Waals surface area (Å²) in [6, 6.07) is 3.94. The van der Waals surface area contributed by atoms with Crippen LogP contribution in [-0.4, -0.2) is 65.8 Å². The predicted octanol–water partition coefficient (Wildman–Crippen LogP) is -0.187. The Morgan fingerprint density at radius 1 is 1.50 bits per heavy atom. The fraction of sp³-hybridized carbons (Fsp3) is 0.615. The van der Waals surface area contributed by atoms with Crippen molar-refractivity contribution in [1.29, 1.82) is 0 Å². The molecule has 2 unspecified atom stereocenters. The van der Waals surface area contributed by atoms with Gasteiger partial charge in [0.05, 0.1) is 6.10 Å². The molecule has 0 spiro atoms. The van der Waals surface area contributed by atoms with Crippen molar-refractivity contribution in [2.75, 3.05) is 39.5 Å². The zero-order valence-corrected chi connectivity index (χ0v) is 11.1. The van der Waals surface area contributed by atoms with Crippen LogP contribution in [-0.2, 0) is 6.42 Å². The summed E-state index contributed by atoms with van der Waals surface area (Å²) in [5.41, 5.74) is 6.74. The van der Waals surface area contributed by atoms with E-state index in [4.69, 9.17) is 5.73 Å². The third-order valence-corrected chi connectivity index (χ3v) is 3.70. The maximum atomic E-state index is 10.4. The second-order valence-corrected chi connectivity index (χ2v) is 5.13. The van der Waals surface area contributed by atoms with E-state index < -0.39 is 6.10 Å². The van der Waals surface area contributed by atoms with Gasteiger partial charge in [0, 0.05) is 38.3 Å². The van der Waals surface area contributed by atoms with Crippen molar-refractivity contribution in [1.82, 2.24) is 14.8 Å². The van der Waals surface area contributed by atoms with Gasteiger partial charge in [0.15, 0.2) is 0 Å². The Hall–Kier alpha value is -1.17. The van der Waals surface area contributed by atoms with Crippen molar-refractivity contribution in [2.45, 2.75) is 18.6 Å². The van der Waals surface area contributed by atoms with Gasteiger partial charge in [0.1, 0.15) is 5.82 Å². The quantitative estimate of drug-likeness (QED) is 0.778. The molecule has 0 amide bonds. The first-order valence-electron chi connectivity index (χ1n) is 6.34. The molecule has 2 atom stereocenters. The summed E-state index contributed by atoms with van der Waals surface area (Å²) in [5, 5.41) is 10.4. The van der Waals surface area contributed by atoms with Crippen molar-refractivity contribution in [3.05, 3.63) is 23.9 Å². The lowest BCUT2D eigenvalue weighted by atomic mass is 9.99. The molecule has 1 saturated heterocycles. The summed E-state index contributed by atoms with van der Waals surface area (Å²) in [6.07, 6.45) is 1.82. The van der Waals surface area contributed by atoms with E-state index >= 15 is 0 Å². The third kappa shape index (κ3) is 2.98. The van der Waals surface area contributed by atoms with Crippen LogP contribution in [0.3, 0.4) is 0 Å². The standard InChI is InChI=1S/C13H22N4O/c1-16-6-7-17(2)11(9-16)12(18)8-10-4-3-5-15-13(10)14/h3-5,11-12,18H,6-9H2,1-2H3,(H2,14,15). The number of likely N-dealkylation sites (N-methyl/N-ethyl adjacent to an activating group) is 2. The average molecular weight is 250 g/mol. The van der Waals surface area contributed by atoms with Gasteiger partial charge in [0.2, 0.25) is 0 Å². The van der Waals surface area contributed by atoms with Gasteiger partial charge in [0.25, 0.3) is 0 Å². The fourth-order valence-corrected chi connectivity index (χ4v) is 2.44. The van der Waals surface area contributed by atoms with E-state index in [1.54, 1.807) is 6.20 Å². The average Bonchev–Trinajstić information content (AvgIpc) is 2.35. The van der Waals surface area contributed by atoms with E-state index in [1.807, 2.05) is 12.1 Å². The summed E-state index contributed by atoms with van der Waals surface area (Å²) in [6.45, 7) is 2.92. The molecular weight excluding hydrogens is 228 g/mol. The van der Waals surface area contributed by atoms with Crippen molar-refractivity contribution < 1.29 is 5.11 Å². The maximum absolute atomic E-state index is 10.4. The minimum Gasteiger partial charge on any atom is -0.391 e. The molecular formula is C13H22N4O. The lowest BCUT2D eigenvalue weighted by molar-refractivity contribution is 0.0153. The molecule has 5 nitrogen and oxygen atoms in total. The van der Waals surface area contributed by atoms with Crippen LogP contribution in [0.25, 0.3) is 0 Å². The van der Waals surface area contributed by atoms with Crippen molar-refractivity contribution in [3.63, 3.8) is 0 Å². The van der Waals surface area contributed by atoms with E-state index in [-0.39, 0.29) is 6.04 Å². The highest BCUT2D eigenvalue weighted by molar-refractivity contribution is 5.38. The second kappa shape index (κ2) is 5.65. The molecule has 1 fully saturated rings. The molecule has 100 valence electrons. The fourth-order valence-electron chi connectivity index (χ4n) is 2.44. The smallest absolute Gasteiger partial charge is 0.126 e. The van der Waals surface area contributed by atoms with E-state index in [0.29, 0.717) is 12.2 Å². The molecule has 2 rings (SSSR count). The Morgan fingerprint density at radius 3 is 3.00 bits per heavy atom. The molecule has 1 aliphatic rings. The van der Waals surface area contributed by atoms with Crippen LogP contribution < -0.4 is 5.73 Å². The van der Waals surface area contributed by atoms with Crippen LogP contribution >= 0.6 is 0 Å². The van der Waals surface area contributed by atoms with Crippen molar-refractivity contribution in [3.8, 4) is 0 Å². The monoisotopic (exact) mass is 250 g/mol. The van der Waals surface area contributed by atoms with Crippen LogP contribution in [0.4, 0.5) is 5.82 Å². The van der Waals surface area contributed by atoms with E-state index in [2.05, 4.69) is 28.9 Å². The van der Waals surface area contributed by atoms with E-state index in [1.165, 1.54) is 0 Å². The summed E-state index contributed by atoms with van der Waals surface area (Å²) in [5.74, 6) is 0.517. The van der Waals surface area contributed by atoms with Crippen molar-refractivity contribution in [2.24, 2.45) is 0 Å². The minimum atomic E-state index is -0.413. The zero-order valence-electron chi connectivity index (χ0n) is 11.1. The highest BCUT2D eigenvalue weighted by Gasteiger charge is 2.28. The summed E-state index contributed by atoms with van der Waals surface area (Å²) in [4.78, 5) is 8.52. The van der Waals surface area contributed by atoms with E-state index in [9.17, 15) is 5.11 Å². The minimum absolute atomic E-state index is 0.156. The number of nitrogen functional groups attached to an aromatic ring is 1. The second-order valence-electron chi connectivity index (χ2n) is 5.13. The maximum Gasteiger partial charge on any atom is 0.126 e. The first kappa shape index (κ1) is 13.3. The summed E-state index contributed by atoms with van der Waals surface area (Å²) >= 11 is 0. The molecule has 1 aromatic rings. The lowest BCUT2D eigenvalue weighted by Gasteiger charge is -2.40. The molecule has 0 aromatic carbocycles. The Bertz CT molecular complexity index is 398. The molecule has 0 aliphatic carbocycles. The topological polar surface area (TPSA) is 65.6 Å². The van der Waals surface area contributed by atoms with Crippen LogP contribution in [0, 0.1) is 0 Å². The predicted molar refractivity (Wildman–Crippen MR) is 72.3 cm³/mol. The van der Waals surface area contributed by atoms with Gasteiger partial charge in [-0.1, -0.05) is 6.07 Å². The number of rotatable bonds is 3. The number of pyridine rings is 1. The molecule has 1 aromatic heterocycles. The molecule has 3 N–H and O–H groups in total. The molecule has 0 bridgehead atoms. The van der Waals surface area contributed by atoms with Gasteiger partial charge in [-0.3, -0.25) is 4.90 Å². The van der Waals surface area contributed by atoms with Gasteiger partial charge in [-0.25, -0.2) is 4.98 Å². The van der Waals surface area contributed by atoms with Crippen LogP contribution in [0.15, 0.2) is 18.3 Å². The number of nitrogens with zero attached hydrogens (tertiary/aromatic N) is 3. The molecule has 0 saturated carbocycles. The number of anilines is 1. The Labute approximate surface area is 108 Å². The Balaban J connectivity index is 2.03. The number of aliphatic hydroxyl groups is 1. The van der Waals surface area contributed by atoms with Gasteiger partial charge in [-0.2, -0.15) is 0 Å². The van der Waals surface area contributed by atoms with Crippen LogP contribution in [0.2, 0.25) is 0 Å². The first-order chi connectivity index (χ1) is 8.58. The van der Waals surface area contributed by atoms with Gasteiger partial charge in [-0.15, -0.1) is 0 Å². The van der Waals surface area contributed by atoms with Gasteiger partial charge < -0.3 is 15.7 Å². The SMILES string of the molecule is CN1CCN(C)C(C(O)Cc2cccnc2N)C1. The van der Waals surface area contributed by atoms with Gasteiger partial charge in [-0.05, 0) is 25.7 Å². The molecule has 2 heterocycles. The van der Waals surface area contributed by atoms with E-state index in [0.717, 1.165) is 25.2 Å². The summed E-state index contributed by atoms with van der Waals surface area (Å²) < 4.78 is 0. The number of piperazine rings is 1. The molecule has 5 heteroatoms. The number of aliphatic hydroxyl groups excluding tert-OH is 1. The van der Waals surface area contributed by atoms with Crippen molar-refractivity contribution >= 4 is 5.82 Å². The number of hydrogen-bond donors (Lipinski definition) is 2. The van der Waals surface area contributed by atoms with Crippen LogP contribution in [0.1, 0.15) is 5.56 Å². The third-order valence-electron chi connectivity index (χ3n) is 3.70. The molecule has 0 radical (unpaired) electrons. The summed E-state index contributed by atoms with van der Waals surface area (Å²) in [7, 11) is 4.15. The molecule has 18 heavy (non-hydrogen) atoms. The number of nitrogens with two attached hydrogens (primary N) is 1. The lowest BCUT2D eigenvalue weighted by Crippen LogP contribution is -2.55. The Morgan fingerprint density at radius 2 is 2.28 bits per heavy atom. The highest BCUT2D eigenvalue weighted by Crippen LogP contribution is 2.16. The largest absolute Gasteiger partial charge is 0.391 e. The van der Waals surface area contributed by atoms with Crippen LogP contribution in [0.5, 0.6) is 0 Å². The zero-order chi connectivity index (χ0) is 13.1. The first-order valence-corrected chi connectivity index (χ1v) is 6.34. The Kier molecular flexibility index (Phi) is 4.16. The molecule has 1 aliphatic heterocycles. The highest BCUT2D eigenvalue weighted by atomic mass is 16.3. The number of hydrogen-bond acceptors (Lipinski definition) is 5. The number of aromatic nitrogens is 1. The normalized spacial score (nSPS) is 24.1.